The summed E-state index contributed by atoms with van der Waals surface area (Å²) >= 11 is 0. The van der Waals surface area contributed by atoms with Gasteiger partial charge in [-0.2, -0.15) is 4.31 Å². The number of rotatable bonds is 6. The van der Waals surface area contributed by atoms with Gasteiger partial charge in [0.1, 0.15) is 5.78 Å². The number of aromatic nitrogens is 2. The molecule has 1 aromatic carbocycles. The van der Waals surface area contributed by atoms with Crippen molar-refractivity contribution in [3.05, 3.63) is 48.4 Å². The second kappa shape index (κ2) is 7.49. The van der Waals surface area contributed by atoms with Gasteiger partial charge in [0, 0.05) is 38.7 Å². The van der Waals surface area contributed by atoms with Crippen molar-refractivity contribution in [1.82, 2.24) is 13.9 Å². The van der Waals surface area contributed by atoms with Gasteiger partial charge in [-0.3, -0.25) is 4.79 Å². The minimum Gasteiger partial charge on any atom is -0.339 e. The number of carbonyl (C=O) groups is 1. The zero-order chi connectivity index (χ0) is 17.9. The highest BCUT2D eigenvalue weighted by Gasteiger charge is 2.34. The van der Waals surface area contributed by atoms with Crippen molar-refractivity contribution in [2.75, 3.05) is 13.1 Å². The molecular formula is C18H23N3O3S. The van der Waals surface area contributed by atoms with Crippen molar-refractivity contribution >= 4 is 15.8 Å². The van der Waals surface area contributed by atoms with E-state index in [9.17, 15) is 13.2 Å². The third kappa shape index (κ3) is 4.16. The Labute approximate surface area is 148 Å². The van der Waals surface area contributed by atoms with Crippen molar-refractivity contribution < 1.29 is 13.2 Å². The third-order valence-corrected chi connectivity index (χ3v) is 6.38. The van der Waals surface area contributed by atoms with Crippen molar-refractivity contribution in [3.63, 3.8) is 0 Å². The summed E-state index contributed by atoms with van der Waals surface area (Å²) in [5, 5.41) is 0.0485. The zero-order valence-corrected chi connectivity index (χ0v) is 15.2. The van der Waals surface area contributed by atoms with Crippen LogP contribution in [-0.4, -0.2) is 41.1 Å². The van der Waals surface area contributed by atoms with Gasteiger partial charge in [0.2, 0.25) is 0 Å². The molecule has 2 heterocycles. The average molecular weight is 361 g/mol. The SMILES string of the molecule is Cn1cnc(S(=O)(=O)N2CCCC(C(=O)CCc3ccccc3)C2)c1. The highest BCUT2D eigenvalue weighted by molar-refractivity contribution is 7.89. The first-order chi connectivity index (χ1) is 12.0. The van der Waals surface area contributed by atoms with Gasteiger partial charge in [-0.15, -0.1) is 0 Å². The second-order valence-corrected chi connectivity index (χ2v) is 8.42. The number of benzene rings is 1. The second-order valence-electron chi connectivity index (χ2n) is 6.53. The van der Waals surface area contributed by atoms with Gasteiger partial charge in [0.05, 0.1) is 6.33 Å². The van der Waals surface area contributed by atoms with E-state index in [0.29, 0.717) is 25.8 Å². The molecule has 3 rings (SSSR count). The number of piperidine rings is 1. The van der Waals surface area contributed by atoms with E-state index in [2.05, 4.69) is 4.98 Å². The quantitative estimate of drug-likeness (QED) is 0.789. The summed E-state index contributed by atoms with van der Waals surface area (Å²) in [6.07, 6.45) is 5.57. The molecule has 0 saturated carbocycles. The average Bonchev–Trinajstić information content (AvgIpc) is 3.08. The smallest absolute Gasteiger partial charge is 0.262 e. The molecule has 7 heteroatoms. The van der Waals surface area contributed by atoms with Gasteiger partial charge in [-0.1, -0.05) is 30.3 Å². The van der Waals surface area contributed by atoms with E-state index in [0.717, 1.165) is 12.0 Å². The summed E-state index contributed by atoms with van der Waals surface area (Å²) in [6.45, 7) is 0.702. The lowest BCUT2D eigenvalue weighted by atomic mass is 9.91. The summed E-state index contributed by atoms with van der Waals surface area (Å²) in [5.41, 5.74) is 1.13. The molecule has 0 aliphatic carbocycles. The first kappa shape index (κ1) is 17.8. The fraction of sp³-hybridized carbons (Fsp3) is 0.444. The van der Waals surface area contributed by atoms with Crippen molar-refractivity contribution in [2.24, 2.45) is 13.0 Å². The Morgan fingerprint density at radius 2 is 2.04 bits per heavy atom. The van der Waals surface area contributed by atoms with Gasteiger partial charge >= 0.3 is 0 Å². The van der Waals surface area contributed by atoms with E-state index in [1.165, 1.54) is 16.8 Å². The molecule has 1 atom stereocenters. The normalized spacial score (nSPS) is 19.0. The number of nitrogens with zero attached hydrogens (tertiary/aromatic N) is 3. The summed E-state index contributed by atoms with van der Waals surface area (Å²) in [5.74, 6) is -0.0827. The Hall–Kier alpha value is -1.99. The van der Waals surface area contributed by atoms with Gasteiger partial charge in [0.15, 0.2) is 5.03 Å². The Bertz CT molecular complexity index is 830. The highest BCUT2D eigenvalue weighted by atomic mass is 32.2. The minimum atomic E-state index is -3.63. The number of hydrogen-bond acceptors (Lipinski definition) is 4. The number of carbonyl (C=O) groups excluding carboxylic acids is 1. The van der Waals surface area contributed by atoms with Crippen LogP contribution in [0.3, 0.4) is 0 Å². The lowest BCUT2D eigenvalue weighted by Crippen LogP contribution is -2.42. The molecule has 1 saturated heterocycles. The van der Waals surface area contributed by atoms with Crippen LogP contribution in [0.25, 0.3) is 0 Å². The van der Waals surface area contributed by atoms with Crippen LogP contribution in [0.5, 0.6) is 0 Å². The fourth-order valence-corrected chi connectivity index (χ4v) is 4.68. The predicted molar refractivity (Wildman–Crippen MR) is 94.5 cm³/mol. The lowest BCUT2D eigenvalue weighted by molar-refractivity contribution is -0.123. The largest absolute Gasteiger partial charge is 0.339 e. The van der Waals surface area contributed by atoms with Crippen LogP contribution in [0.15, 0.2) is 47.9 Å². The molecule has 25 heavy (non-hydrogen) atoms. The molecule has 1 aliphatic heterocycles. The molecule has 1 fully saturated rings. The number of hydrogen-bond donors (Lipinski definition) is 0. The summed E-state index contributed by atoms with van der Waals surface area (Å²) in [6, 6.07) is 9.88. The number of aryl methyl sites for hydroxylation is 2. The van der Waals surface area contributed by atoms with Gasteiger partial charge in [0.25, 0.3) is 10.0 Å². The molecule has 0 bridgehead atoms. The molecule has 0 N–H and O–H groups in total. The molecule has 0 radical (unpaired) electrons. The highest BCUT2D eigenvalue weighted by Crippen LogP contribution is 2.24. The van der Waals surface area contributed by atoms with Crippen LogP contribution in [0.1, 0.15) is 24.8 Å². The van der Waals surface area contributed by atoms with E-state index < -0.39 is 10.0 Å². The Balaban J connectivity index is 1.63. The van der Waals surface area contributed by atoms with Gasteiger partial charge in [-0.25, -0.2) is 13.4 Å². The molecule has 0 amide bonds. The number of imidazole rings is 1. The van der Waals surface area contributed by atoms with Gasteiger partial charge < -0.3 is 4.57 Å². The maximum atomic E-state index is 12.7. The number of Topliss-reactive ketones (excluding diaryl/α,β-unsaturated/α-hetero) is 1. The van der Waals surface area contributed by atoms with Crippen LogP contribution in [0, 0.1) is 5.92 Å². The molecule has 6 nitrogen and oxygen atoms in total. The van der Waals surface area contributed by atoms with E-state index in [1.807, 2.05) is 30.3 Å². The summed E-state index contributed by atoms with van der Waals surface area (Å²) < 4.78 is 28.4. The maximum Gasteiger partial charge on any atom is 0.262 e. The minimum absolute atomic E-state index is 0.0485. The lowest BCUT2D eigenvalue weighted by Gasteiger charge is -2.30. The molecular weight excluding hydrogens is 338 g/mol. The molecule has 2 aromatic rings. The standard InChI is InChI=1S/C18H23N3O3S/c1-20-13-18(19-14-20)25(23,24)21-11-5-8-16(12-21)17(22)10-9-15-6-3-2-4-7-15/h2-4,6-7,13-14,16H,5,8-12H2,1H3. The van der Waals surface area contributed by atoms with E-state index >= 15 is 0 Å². The molecule has 1 unspecified atom stereocenters. The Morgan fingerprint density at radius 1 is 1.28 bits per heavy atom. The topological polar surface area (TPSA) is 72.3 Å². The maximum absolute atomic E-state index is 12.7. The Kier molecular flexibility index (Phi) is 5.34. The molecule has 1 aliphatic rings. The number of ketones is 1. The monoisotopic (exact) mass is 361 g/mol. The molecule has 134 valence electrons. The predicted octanol–water partition coefficient (Wildman–Crippen LogP) is 2.02. The van der Waals surface area contributed by atoms with Crippen LogP contribution in [-0.2, 0) is 28.3 Å². The first-order valence-corrected chi connectivity index (χ1v) is 9.95. The van der Waals surface area contributed by atoms with Crippen LogP contribution >= 0.6 is 0 Å². The van der Waals surface area contributed by atoms with Crippen molar-refractivity contribution in [2.45, 2.75) is 30.7 Å². The fourth-order valence-electron chi connectivity index (χ4n) is 3.19. The molecule has 1 aromatic heterocycles. The summed E-state index contributed by atoms with van der Waals surface area (Å²) in [4.78, 5) is 16.5. The zero-order valence-electron chi connectivity index (χ0n) is 14.3. The van der Waals surface area contributed by atoms with Crippen molar-refractivity contribution in [3.8, 4) is 0 Å². The van der Waals surface area contributed by atoms with Crippen LogP contribution in [0.4, 0.5) is 0 Å². The van der Waals surface area contributed by atoms with Crippen molar-refractivity contribution in [1.29, 1.82) is 0 Å². The summed E-state index contributed by atoms with van der Waals surface area (Å²) in [7, 11) is -1.89. The number of sulfonamides is 1. The molecule has 0 spiro atoms. The van der Waals surface area contributed by atoms with Crippen LogP contribution in [0.2, 0.25) is 0 Å². The third-order valence-electron chi connectivity index (χ3n) is 4.63. The van der Waals surface area contributed by atoms with E-state index in [4.69, 9.17) is 0 Å². The first-order valence-electron chi connectivity index (χ1n) is 8.51. The van der Waals surface area contributed by atoms with E-state index in [-0.39, 0.29) is 23.3 Å². The van der Waals surface area contributed by atoms with E-state index in [1.54, 1.807) is 11.6 Å². The van der Waals surface area contributed by atoms with Crippen LogP contribution < -0.4 is 0 Å². The van der Waals surface area contributed by atoms with Gasteiger partial charge in [-0.05, 0) is 24.8 Å². The Morgan fingerprint density at radius 3 is 2.72 bits per heavy atom.